The minimum atomic E-state index is 0.0568. The molecule has 2 aromatic carbocycles. The fourth-order valence-corrected chi connectivity index (χ4v) is 2.64. The Balaban J connectivity index is 1.90. The van der Waals surface area contributed by atoms with Gasteiger partial charge < -0.3 is 10.2 Å². The molecule has 1 unspecified atom stereocenters. The van der Waals surface area contributed by atoms with E-state index in [4.69, 9.17) is 0 Å². The Labute approximate surface area is 139 Å². The number of hydrogen-bond acceptors (Lipinski definition) is 1. The van der Waals surface area contributed by atoms with E-state index in [2.05, 4.69) is 49.6 Å². The molecule has 122 valence electrons. The quantitative estimate of drug-likeness (QED) is 0.844. The van der Waals surface area contributed by atoms with Crippen LogP contribution in [0.25, 0.3) is 0 Å². The summed E-state index contributed by atoms with van der Waals surface area (Å²) >= 11 is 0. The zero-order valence-electron chi connectivity index (χ0n) is 14.6. The molecule has 1 amide bonds. The van der Waals surface area contributed by atoms with E-state index in [1.807, 2.05) is 26.0 Å². The van der Waals surface area contributed by atoms with Gasteiger partial charge in [0.2, 0.25) is 0 Å². The molecule has 0 aliphatic heterocycles. The van der Waals surface area contributed by atoms with Gasteiger partial charge in [0.15, 0.2) is 6.54 Å². The second-order valence-electron chi connectivity index (χ2n) is 6.35. The number of aryl methyl sites for hydroxylation is 3. The van der Waals surface area contributed by atoms with E-state index in [-0.39, 0.29) is 5.91 Å². The first kappa shape index (κ1) is 17.2. The lowest BCUT2D eigenvalue weighted by molar-refractivity contribution is -0.885. The first-order chi connectivity index (χ1) is 11.0. The van der Waals surface area contributed by atoms with Crippen LogP contribution in [0.15, 0.2) is 42.5 Å². The second-order valence-corrected chi connectivity index (χ2v) is 6.35. The van der Waals surface area contributed by atoms with Gasteiger partial charge in [-0.3, -0.25) is 4.79 Å². The highest BCUT2D eigenvalue weighted by Gasteiger charge is 2.12. The summed E-state index contributed by atoms with van der Waals surface area (Å²) in [6.45, 7) is 7.52. The monoisotopic (exact) mass is 311 g/mol. The summed E-state index contributed by atoms with van der Waals surface area (Å²) in [6, 6.07) is 14.8. The van der Waals surface area contributed by atoms with Crippen LogP contribution in [0.4, 0.5) is 5.69 Å². The summed E-state index contributed by atoms with van der Waals surface area (Å²) in [4.78, 5) is 13.4. The highest BCUT2D eigenvalue weighted by molar-refractivity contribution is 5.92. The number of amides is 1. The van der Waals surface area contributed by atoms with E-state index in [0.29, 0.717) is 6.54 Å². The Morgan fingerprint density at radius 2 is 1.70 bits per heavy atom. The van der Waals surface area contributed by atoms with Gasteiger partial charge in [-0.1, -0.05) is 43.3 Å². The van der Waals surface area contributed by atoms with Gasteiger partial charge in [-0.05, 0) is 43.0 Å². The van der Waals surface area contributed by atoms with Crippen molar-refractivity contribution >= 4 is 11.6 Å². The molecule has 0 heterocycles. The molecule has 3 nitrogen and oxygen atoms in total. The maximum absolute atomic E-state index is 12.2. The van der Waals surface area contributed by atoms with Crippen molar-refractivity contribution in [2.75, 3.05) is 18.9 Å². The van der Waals surface area contributed by atoms with Gasteiger partial charge in [0.25, 0.3) is 5.91 Å². The van der Waals surface area contributed by atoms with Gasteiger partial charge in [0.05, 0.1) is 7.05 Å². The Hall–Kier alpha value is -2.13. The predicted molar refractivity (Wildman–Crippen MR) is 95.8 cm³/mol. The number of hydrogen-bond donors (Lipinski definition) is 2. The number of benzene rings is 2. The first-order valence-corrected chi connectivity index (χ1v) is 8.24. The van der Waals surface area contributed by atoms with Gasteiger partial charge in [0.1, 0.15) is 6.54 Å². The Morgan fingerprint density at radius 3 is 2.35 bits per heavy atom. The number of rotatable bonds is 6. The van der Waals surface area contributed by atoms with Gasteiger partial charge >= 0.3 is 0 Å². The van der Waals surface area contributed by atoms with Crippen LogP contribution in [0.1, 0.15) is 29.2 Å². The number of quaternary nitrogens is 1. The molecule has 0 aliphatic rings. The summed E-state index contributed by atoms with van der Waals surface area (Å²) in [5.41, 5.74) is 5.77. The Morgan fingerprint density at radius 1 is 1.04 bits per heavy atom. The van der Waals surface area contributed by atoms with Gasteiger partial charge in [0, 0.05) is 11.3 Å². The largest absolute Gasteiger partial charge is 0.326 e. The lowest BCUT2D eigenvalue weighted by Gasteiger charge is -2.15. The minimum Gasteiger partial charge on any atom is -0.326 e. The smallest absolute Gasteiger partial charge is 0.279 e. The number of nitrogens with one attached hydrogen (secondary N) is 2. The lowest BCUT2D eigenvalue weighted by atomic mass is 10.1. The van der Waals surface area contributed by atoms with Gasteiger partial charge in [-0.25, -0.2) is 0 Å². The zero-order valence-corrected chi connectivity index (χ0v) is 14.6. The summed E-state index contributed by atoms with van der Waals surface area (Å²) in [5.74, 6) is 0.0568. The van der Waals surface area contributed by atoms with Crippen molar-refractivity contribution in [1.29, 1.82) is 0 Å². The topological polar surface area (TPSA) is 33.5 Å². The van der Waals surface area contributed by atoms with Crippen LogP contribution < -0.4 is 10.2 Å². The van der Waals surface area contributed by atoms with E-state index in [0.717, 1.165) is 29.8 Å². The fourth-order valence-electron chi connectivity index (χ4n) is 2.64. The average molecular weight is 311 g/mol. The molecular weight excluding hydrogens is 284 g/mol. The Kier molecular flexibility index (Phi) is 5.94. The average Bonchev–Trinajstić information content (AvgIpc) is 2.51. The van der Waals surface area contributed by atoms with Crippen molar-refractivity contribution in [3.05, 3.63) is 64.7 Å². The molecule has 0 radical (unpaired) electrons. The van der Waals surface area contributed by atoms with Crippen molar-refractivity contribution in [1.82, 2.24) is 0 Å². The van der Waals surface area contributed by atoms with Gasteiger partial charge in [-0.2, -0.15) is 0 Å². The lowest BCUT2D eigenvalue weighted by Crippen LogP contribution is -3.08. The van der Waals surface area contributed by atoms with E-state index in [1.165, 1.54) is 16.0 Å². The van der Waals surface area contributed by atoms with Crippen LogP contribution in [0.3, 0.4) is 0 Å². The Bertz CT molecular complexity index is 662. The summed E-state index contributed by atoms with van der Waals surface area (Å²) in [6.07, 6.45) is 1.06. The molecule has 0 fully saturated rings. The third-order valence-electron chi connectivity index (χ3n) is 4.07. The predicted octanol–water partition coefficient (Wildman–Crippen LogP) is 2.52. The molecule has 0 saturated carbocycles. The summed E-state index contributed by atoms with van der Waals surface area (Å²) in [5, 5.41) is 3.03. The van der Waals surface area contributed by atoms with Crippen molar-refractivity contribution in [2.24, 2.45) is 0 Å². The van der Waals surface area contributed by atoms with Crippen molar-refractivity contribution in [3.63, 3.8) is 0 Å². The van der Waals surface area contributed by atoms with E-state index >= 15 is 0 Å². The van der Waals surface area contributed by atoms with E-state index in [9.17, 15) is 4.79 Å². The molecule has 2 N–H and O–H groups in total. The van der Waals surface area contributed by atoms with Crippen LogP contribution >= 0.6 is 0 Å². The van der Waals surface area contributed by atoms with Gasteiger partial charge in [-0.15, -0.1) is 0 Å². The molecule has 0 aromatic heterocycles. The number of likely N-dealkylation sites (N-methyl/N-ethyl adjacent to an activating group) is 1. The number of anilines is 1. The van der Waals surface area contributed by atoms with Crippen LogP contribution in [-0.4, -0.2) is 19.5 Å². The molecule has 3 heteroatoms. The summed E-state index contributed by atoms with van der Waals surface area (Å²) in [7, 11) is 2.05. The highest BCUT2D eigenvalue weighted by atomic mass is 16.2. The van der Waals surface area contributed by atoms with E-state index < -0.39 is 0 Å². The number of carbonyl (C=O) groups excluding carboxylic acids is 1. The summed E-state index contributed by atoms with van der Waals surface area (Å²) < 4.78 is 0. The van der Waals surface area contributed by atoms with E-state index in [1.54, 1.807) is 0 Å². The third-order valence-corrected chi connectivity index (χ3v) is 4.07. The molecule has 2 aromatic rings. The molecule has 0 spiro atoms. The van der Waals surface area contributed by atoms with Crippen molar-refractivity contribution in [3.8, 4) is 0 Å². The highest BCUT2D eigenvalue weighted by Crippen LogP contribution is 2.15. The normalized spacial score (nSPS) is 12.0. The third kappa shape index (κ3) is 5.22. The van der Waals surface area contributed by atoms with Crippen molar-refractivity contribution < 1.29 is 9.69 Å². The van der Waals surface area contributed by atoms with Crippen LogP contribution in [0.2, 0.25) is 0 Å². The molecule has 23 heavy (non-hydrogen) atoms. The van der Waals surface area contributed by atoms with Crippen LogP contribution in [0.5, 0.6) is 0 Å². The molecule has 0 bridgehead atoms. The molecular formula is C20H27N2O+. The maximum Gasteiger partial charge on any atom is 0.279 e. The molecule has 0 aliphatic carbocycles. The fraction of sp³-hybridized carbons (Fsp3) is 0.350. The SMILES string of the molecule is CCc1ccc(C[NH+](C)CC(=O)Nc2cc(C)ccc2C)cc1. The van der Waals surface area contributed by atoms with Crippen molar-refractivity contribution in [2.45, 2.75) is 33.7 Å². The standard InChI is InChI=1S/C20H26N2O/c1-5-17-8-10-18(11-9-17)13-22(4)14-20(23)21-19-12-15(2)6-7-16(19)3/h6-12H,5,13-14H2,1-4H3,(H,21,23)/p+1. The number of carbonyl (C=O) groups is 1. The molecule has 1 atom stereocenters. The first-order valence-electron chi connectivity index (χ1n) is 8.24. The molecule has 2 rings (SSSR count). The van der Waals surface area contributed by atoms with Crippen LogP contribution in [-0.2, 0) is 17.8 Å². The minimum absolute atomic E-state index is 0.0568. The maximum atomic E-state index is 12.2. The van der Waals surface area contributed by atoms with Crippen LogP contribution in [0, 0.1) is 13.8 Å². The molecule has 0 saturated heterocycles. The second kappa shape index (κ2) is 7.93. The zero-order chi connectivity index (χ0) is 16.8.